The zero-order valence-electron chi connectivity index (χ0n) is 38.5. The summed E-state index contributed by atoms with van der Waals surface area (Å²) < 4.78 is 7.44. The Bertz CT molecular complexity index is 3710. The van der Waals surface area contributed by atoms with Crippen molar-refractivity contribution >= 4 is 86.0 Å². The van der Waals surface area contributed by atoms with Crippen molar-refractivity contribution in [3.8, 4) is 45.7 Å². The number of nitrogens with zero attached hydrogens (tertiary/aromatic N) is 5. The van der Waals surface area contributed by atoms with Crippen LogP contribution in [-0.4, -0.2) is 29.7 Å². The molecule has 0 amide bonds. The summed E-state index contributed by atoms with van der Waals surface area (Å²) in [6.07, 6.45) is 0. The van der Waals surface area contributed by atoms with E-state index in [2.05, 4.69) is 204 Å². The summed E-state index contributed by atoms with van der Waals surface area (Å²) in [5.74, 6) is 3.46. The molecule has 14 rings (SSSR count). The highest BCUT2D eigenvalue weighted by Crippen LogP contribution is 2.56. The molecule has 11 aromatic rings. The second kappa shape index (κ2) is 16.5. The minimum absolute atomic E-state index is 0.0545. The first-order valence-corrected chi connectivity index (χ1v) is 26.1. The van der Waals surface area contributed by atoms with E-state index < -0.39 is 8.07 Å². The largest absolute Gasteiger partial charge is 0.451 e. The predicted molar refractivity (Wildman–Crippen MR) is 294 cm³/mol. The van der Waals surface area contributed by atoms with E-state index in [9.17, 15) is 0 Å². The van der Waals surface area contributed by atoms with Crippen LogP contribution in [0.4, 0.5) is 34.1 Å². The Kier molecular flexibility index (Phi) is 9.54. The minimum Gasteiger partial charge on any atom is -0.451 e. The van der Waals surface area contributed by atoms with Gasteiger partial charge in [-0.3, -0.25) is 0 Å². The van der Waals surface area contributed by atoms with Gasteiger partial charge in [0.1, 0.15) is 0 Å². The quantitative estimate of drug-likeness (QED) is 0.149. The zero-order valence-corrected chi connectivity index (χ0v) is 39.5. The summed E-state index contributed by atoms with van der Waals surface area (Å²) in [6.45, 7) is -0.0545. The van der Waals surface area contributed by atoms with Crippen LogP contribution in [0.3, 0.4) is 0 Å². The maximum atomic E-state index is 7.44. The maximum absolute atomic E-state index is 7.44. The molecule has 0 radical (unpaired) electrons. The van der Waals surface area contributed by atoms with Gasteiger partial charge in [0.2, 0.25) is 6.71 Å². The molecular formula is C63H42BN5OSi. The van der Waals surface area contributed by atoms with Crippen molar-refractivity contribution in [1.82, 2.24) is 15.0 Å². The molecule has 71 heavy (non-hydrogen) atoms. The van der Waals surface area contributed by atoms with Crippen LogP contribution in [0.2, 0.25) is 0 Å². The van der Waals surface area contributed by atoms with Crippen LogP contribution in [0.25, 0.3) is 34.2 Å². The third-order valence-corrected chi connectivity index (χ3v) is 19.3. The zero-order chi connectivity index (χ0) is 46.9. The lowest BCUT2D eigenvalue weighted by molar-refractivity contribution is 0.478. The molecular weight excluding hydrogens is 882 g/mol. The minimum atomic E-state index is -3.12. The van der Waals surface area contributed by atoms with Gasteiger partial charge in [0.25, 0.3) is 0 Å². The molecule has 1 aromatic heterocycles. The molecule has 0 saturated carbocycles. The maximum Gasteiger partial charge on any atom is 0.246 e. The molecule has 0 unspecified atom stereocenters. The van der Waals surface area contributed by atoms with Gasteiger partial charge in [-0.15, -0.1) is 0 Å². The standard InChI is InChI=1S/C63H42BN5OSi/c1-6-22-43(23-7-1)61-65-62(44-24-8-2-9-25-44)67-63(66-61)45-38-40-47(41-39-45)68-53-35-19-20-36-55(53)70-60-54(68)42-57-58-59(60)69(46-26-10-3-11-27-46)52-34-18-16-32-50(52)64(58)51-33-17-21-37-56(51)71(57,48-28-12-4-13-29-48)49-30-14-5-15-31-49/h1-42H. The Balaban J connectivity index is 1.05. The molecule has 4 heterocycles. The van der Waals surface area contributed by atoms with E-state index in [1.54, 1.807) is 0 Å². The van der Waals surface area contributed by atoms with E-state index in [4.69, 9.17) is 19.7 Å². The van der Waals surface area contributed by atoms with E-state index in [0.717, 1.165) is 62.3 Å². The summed E-state index contributed by atoms with van der Waals surface area (Å²) in [7, 11) is -3.12. The molecule has 10 aromatic carbocycles. The van der Waals surface area contributed by atoms with Gasteiger partial charge in [0.15, 0.2) is 37.0 Å². The first-order chi connectivity index (χ1) is 35.2. The SMILES string of the molecule is c1ccc(-c2nc(-c3ccccc3)nc(-c3ccc(N4c5ccccc5Oc5c4cc4c6c5N(c5ccccc5)c5ccccc5B6c5ccccc5[Si]4(c4ccccc4)c4ccccc4)cc3)n2)cc1. The van der Waals surface area contributed by atoms with Crippen LogP contribution in [-0.2, 0) is 0 Å². The van der Waals surface area contributed by atoms with Crippen LogP contribution in [0, 0.1) is 0 Å². The average Bonchev–Trinajstić information content (AvgIpc) is 3.46. The van der Waals surface area contributed by atoms with Gasteiger partial charge in [-0.2, -0.15) is 0 Å². The molecule has 0 atom stereocenters. The van der Waals surface area contributed by atoms with Gasteiger partial charge in [-0.05, 0) is 92.3 Å². The van der Waals surface area contributed by atoms with Gasteiger partial charge >= 0.3 is 0 Å². The Morgan fingerprint density at radius 2 is 0.831 bits per heavy atom. The van der Waals surface area contributed by atoms with E-state index in [0.29, 0.717) is 17.5 Å². The number of aromatic nitrogens is 3. The predicted octanol–water partition coefficient (Wildman–Crippen LogP) is 10.4. The Hall–Kier alpha value is -9.11. The topological polar surface area (TPSA) is 54.4 Å². The van der Waals surface area contributed by atoms with Crippen molar-refractivity contribution in [2.45, 2.75) is 0 Å². The highest BCUT2D eigenvalue weighted by Gasteiger charge is 2.55. The Labute approximate surface area is 413 Å². The van der Waals surface area contributed by atoms with Crippen LogP contribution in [0.1, 0.15) is 0 Å². The van der Waals surface area contributed by atoms with Crippen molar-refractivity contribution in [3.63, 3.8) is 0 Å². The number of rotatable bonds is 7. The lowest BCUT2D eigenvalue weighted by Gasteiger charge is -2.49. The Morgan fingerprint density at radius 1 is 0.366 bits per heavy atom. The van der Waals surface area contributed by atoms with E-state index in [1.807, 2.05) is 60.7 Å². The molecule has 0 fully saturated rings. The number of ether oxygens (including phenoxy) is 1. The molecule has 3 aliphatic heterocycles. The molecule has 0 saturated heterocycles. The molecule has 8 heteroatoms. The van der Waals surface area contributed by atoms with Gasteiger partial charge < -0.3 is 14.5 Å². The number of para-hydroxylation sites is 4. The van der Waals surface area contributed by atoms with Gasteiger partial charge in [-0.25, -0.2) is 15.0 Å². The van der Waals surface area contributed by atoms with E-state index in [1.165, 1.54) is 37.1 Å². The Morgan fingerprint density at radius 3 is 1.44 bits per heavy atom. The van der Waals surface area contributed by atoms with Crippen molar-refractivity contribution in [3.05, 3.63) is 255 Å². The summed E-state index contributed by atoms with van der Waals surface area (Å²) in [6, 6.07) is 91.5. The number of anilines is 6. The normalized spacial score (nSPS) is 13.5. The van der Waals surface area contributed by atoms with Crippen LogP contribution in [0.15, 0.2) is 255 Å². The van der Waals surface area contributed by atoms with Crippen LogP contribution in [0.5, 0.6) is 11.5 Å². The lowest BCUT2D eigenvalue weighted by Crippen LogP contribution is -2.87. The van der Waals surface area contributed by atoms with Crippen molar-refractivity contribution in [2.24, 2.45) is 0 Å². The molecule has 0 aliphatic carbocycles. The smallest absolute Gasteiger partial charge is 0.246 e. The summed E-state index contributed by atoms with van der Waals surface area (Å²) in [5, 5.41) is 5.41. The van der Waals surface area contributed by atoms with Gasteiger partial charge in [-0.1, -0.05) is 200 Å². The fourth-order valence-corrected chi connectivity index (χ4v) is 16.7. The molecule has 0 N–H and O–H groups in total. The van der Waals surface area contributed by atoms with Crippen molar-refractivity contribution < 1.29 is 4.74 Å². The number of hydrogen-bond donors (Lipinski definition) is 0. The van der Waals surface area contributed by atoms with Crippen molar-refractivity contribution in [2.75, 3.05) is 9.80 Å². The summed E-state index contributed by atoms with van der Waals surface area (Å²) in [5.41, 5.74) is 12.8. The average molecular weight is 924 g/mol. The highest BCUT2D eigenvalue weighted by molar-refractivity contribution is 7.26. The van der Waals surface area contributed by atoms with Gasteiger partial charge in [0, 0.05) is 33.8 Å². The second-order valence-corrected chi connectivity index (χ2v) is 22.0. The number of fused-ring (bicyclic) bond motifs is 7. The molecule has 0 spiro atoms. The third kappa shape index (κ3) is 6.38. The first kappa shape index (κ1) is 40.9. The monoisotopic (exact) mass is 923 g/mol. The lowest BCUT2D eigenvalue weighted by atomic mass is 9.34. The van der Waals surface area contributed by atoms with E-state index >= 15 is 0 Å². The first-order valence-electron chi connectivity index (χ1n) is 24.1. The summed E-state index contributed by atoms with van der Waals surface area (Å²) in [4.78, 5) is 20.0. The van der Waals surface area contributed by atoms with Crippen LogP contribution >= 0.6 is 0 Å². The number of benzene rings is 10. The van der Waals surface area contributed by atoms with E-state index in [-0.39, 0.29) is 6.71 Å². The fourth-order valence-electron chi connectivity index (χ4n) is 11.5. The summed E-state index contributed by atoms with van der Waals surface area (Å²) >= 11 is 0. The molecule has 6 nitrogen and oxygen atoms in total. The fraction of sp³-hybridized carbons (Fsp3) is 0. The highest BCUT2D eigenvalue weighted by atomic mass is 28.3. The second-order valence-electron chi connectivity index (χ2n) is 18.3. The molecule has 0 bridgehead atoms. The van der Waals surface area contributed by atoms with Crippen LogP contribution < -0.4 is 51.7 Å². The van der Waals surface area contributed by atoms with Crippen molar-refractivity contribution in [1.29, 1.82) is 0 Å². The third-order valence-electron chi connectivity index (χ3n) is 14.4. The number of hydrogen-bond acceptors (Lipinski definition) is 6. The molecule has 3 aliphatic rings. The van der Waals surface area contributed by atoms with Gasteiger partial charge in [0.05, 0.1) is 17.1 Å². The molecule has 332 valence electrons.